The lowest BCUT2D eigenvalue weighted by Crippen LogP contribution is -2.19. The van der Waals surface area contributed by atoms with Gasteiger partial charge in [0.15, 0.2) is 0 Å². The molecule has 0 saturated heterocycles. The Labute approximate surface area is 69.8 Å². The smallest absolute Gasteiger partial charge is 0.220 e. The number of allylic oxidation sites excluding steroid dienone is 2. The molecule has 2 rings (SSSR count). The minimum atomic E-state index is 0.641. The Kier molecular flexibility index (Phi) is 1.62. The second-order valence-corrected chi connectivity index (χ2v) is 2.60. The molecule has 0 saturated carbocycles. The SMILES string of the molecule is CN1CC=CC=C1c1nn[nH]n1. The molecule has 0 radical (unpaired) electrons. The lowest BCUT2D eigenvalue weighted by atomic mass is 10.2. The number of H-pyrrole nitrogens is 1. The van der Waals surface area contributed by atoms with Crippen LogP contribution in [-0.4, -0.2) is 39.1 Å². The first kappa shape index (κ1) is 7.02. The molecule has 0 aromatic carbocycles. The van der Waals surface area contributed by atoms with Gasteiger partial charge in [-0.1, -0.05) is 12.2 Å². The summed E-state index contributed by atoms with van der Waals surface area (Å²) in [7, 11) is 1.99. The third-order valence-corrected chi connectivity index (χ3v) is 1.76. The highest BCUT2D eigenvalue weighted by Crippen LogP contribution is 2.14. The first-order chi connectivity index (χ1) is 5.88. The first-order valence-corrected chi connectivity index (χ1v) is 3.70. The van der Waals surface area contributed by atoms with E-state index in [9.17, 15) is 0 Å². The number of rotatable bonds is 1. The van der Waals surface area contributed by atoms with E-state index in [2.05, 4.69) is 31.6 Å². The molecule has 5 nitrogen and oxygen atoms in total. The van der Waals surface area contributed by atoms with Crippen LogP contribution in [0.25, 0.3) is 5.70 Å². The largest absolute Gasteiger partial charge is 0.368 e. The van der Waals surface area contributed by atoms with Crippen molar-refractivity contribution in [2.45, 2.75) is 0 Å². The Morgan fingerprint density at radius 1 is 1.58 bits per heavy atom. The lowest BCUT2D eigenvalue weighted by molar-refractivity contribution is 0.526. The molecule has 0 fully saturated rings. The zero-order chi connectivity index (χ0) is 8.39. The number of likely N-dealkylation sites (N-methyl/N-ethyl adjacent to an activating group) is 1. The summed E-state index contributed by atoms with van der Waals surface area (Å²) in [5.41, 5.74) is 0.992. The number of hydrogen-bond donors (Lipinski definition) is 1. The van der Waals surface area contributed by atoms with Crippen molar-refractivity contribution in [3.63, 3.8) is 0 Å². The second-order valence-electron chi connectivity index (χ2n) is 2.60. The highest BCUT2D eigenvalue weighted by molar-refractivity contribution is 5.60. The maximum absolute atomic E-state index is 3.90. The van der Waals surface area contributed by atoms with Crippen molar-refractivity contribution in [3.8, 4) is 0 Å². The predicted octanol–water partition coefficient (Wildman–Crippen LogP) is 0.0422. The molecule has 1 aliphatic heterocycles. The minimum Gasteiger partial charge on any atom is -0.368 e. The van der Waals surface area contributed by atoms with Gasteiger partial charge in [0.2, 0.25) is 5.82 Å². The van der Waals surface area contributed by atoms with Gasteiger partial charge in [0.1, 0.15) is 0 Å². The van der Waals surface area contributed by atoms with Crippen LogP contribution in [0.5, 0.6) is 0 Å². The van der Waals surface area contributed by atoms with E-state index in [-0.39, 0.29) is 0 Å². The van der Waals surface area contributed by atoms with E-state index in [1.165, 1.54) is 0 Å². The average molecular weight is 163 g/mol. The number of nitrogens with one attached hydrogen (secondary N) is 1. The molecular formula is C7H9N5. The Balaban J connectivity index is 2.34. The Bertz CT molecular complexity index is 311. The average Bonchev–Trinajstić information content (AvgIpc) is 2.57. The van der Waals surface area contributed by atoms with Gasteiger partial charge in [-0.3, -0.25) is 0 Å². The van der Waals surface area contributed by atoms with Crippen molar-refractivity contribution < 1.29 is 0 Å². The summed E-state index contributed by atoms with van der Waals surface area (Å²) in [6.45, 7) is 0.889. The molecule has 0 unspecified atom stereocenters. The summed E-state index contributed by atoms with van der Waals surface area (Å²) >= 11 is 0. The summed E-state index contributed by atoms with van der Waals surface area (Å²) in [6.07, 6.45) is 6.03. The van der Waals surface area contributed by atoms with E-state index in [0.29, 0.717) is 5.82 Å². The predicted molar refractivity (Wildman–Crippen MR) is 43.9 cm³/mol. The zero-order valence-corrected chi connectivity index (χ0v) is 6.73. The molecule has 0 atom stereocenters. The minimum absolute atomic E-state index is 0.641. The third-order valence-electron chi connectivity index (χ3n) is 1.76. The van der Waals surface area contributed by atoms with E-state index < -0.39 is 0 Å². The van der Waals surface area contributed by atoms with Crippen molar-refractivity contribution in [2.24, 2.45) is 0 Å². The molecule has 2 heterocycles. The normalized spacial score (nSPS) is 16.4. The number of nitrogens with zero attached hydrogens (tertiary/aromatic N) is 4. The molecule has 62 valence electrons. The number of aromatic nitrogens is 4. The Morgan fingerprint density at radius 3 is 3.17 bits per heavy atom. The van der Waals surface area contributed by atoms with Crippen molar-refractivity contribution in [1.82, 2.24) is 25.5 Å². The summed E-state index contributed by atoms with van der Waals surface area (Å²) in [4.78, 5) is 2.06. The molecule has 1 aromatic rings. The maximum Gasteiger partial charge on any atom is 0.220 e. The molecule has 1 N–H and O–H groups in total. The third kappa shape index (κ3) is 1.09. The van der Waals surface area contributed by atoms with Gasteiger partial charge in [-0.15, -0.1) is 10.2 Å². The van der Waals surface area contributed by atoms with E-state index in [1.54, 1.807) is 0 Å². The van der Waals surface area contributed by atoms with E-state index in [1.807, 2.05) is 19.2 Å². The van der Waals surface area contributed by atoms with Crippen molar-refractivity contribution in [2.75, 3.05) is 13.6 Å². The van der Waals surface area contributed by atoms with Crippen LogP contribution in [-0.2, 0) is 0 Å². The van der Waals surface area contributed by atoms with Crippen LogP contribution in [0.15, 0.2) is 18.2 Å². The van der Waals surface area contributed by atoms with E-state index in [0.717, 1.165) is 12.2 Å². The summed E-state index contributed by atoms with van der Waals surface area (Å²) < 4.78 is 0. The molecule has 0 amide bonds. The van der Waals surface area contributed by atoms with Crippen LogP contribution in [0, 0.1) is 0 Å². The molecule has 12 heavy (non-hydrogen) atoms. The summed E-state index contributed by atoms with van der Waals surface area (Å²) in [5, 5.41) is 13.7. The standard InChI is InChI=1S/C7H9N5/c1-12-5-3-2-4-6(12)7-8-10-11-9-7/h2-4H,5H2,1H3,(H,8,9,10,11). The molecule has 5 heteroatoms. The Morgan fingerprint density at radius 2 is 2.50 bits per heavy atom. The highest BCUT2D eigenvalue weighted by atomic mass is 15.5. The van der Waals surface area contributed by atoms with Crippen LogP contribution in [0.3, 0.4) is 0 Å². The zero-order valence-electron chi connectivity index (χ0n) is 6.73. The number of hydrogen-bond acceptors (Lipinski definition) is 4. The fraction of sp³-hybridized carbons (Fsp3) is 0.286. The van der Waals surface area contributed by atoms with Gasteiger partial charge < -0.3 is 4.90 Å². The maximum atomic E-state index is 3.90. The van der Waals surface area contributed by atoms with Crippen molar-refractivity contribution in [1.29, 1.82) is 0 Å². The van der Waals surface area contributed by atoms with Crippen LogP contribution >= 0.6 is 0 Å². The van der Waals surface area contributed by atoms with Gasteiger partial charge in [0.05, 0.1) is 5.70 Å². The van der Waals surface area contributed by atoms with Crippen molar-refractivity contribution >= 4 is 5.70 Å². The summed E-state index contributed by atoms with van der Waals surface area (Å²) in [6, 6.07) is 0. The molecule has 0 spiro atoms. The van der Waals surface area contributed by atoms with E-state index >= 15 is 0 Å². The topological polar surface area (TPSA) is 57.7 Å². The van der Waals surface area contributed by atoms with Crippen LogP contribution in [0.1, 0.15) is 5.82 Å². The monoisotopic (exact) mass is 163 g/mol. The van der Waals surface area contributed by atoms with Crippen LogP contribution in [0.4, 0.5) is 0 Å². The highest BCUT2D eigenvalue weighted by Gasteiger charge is 2.11. The molecule has 1 aliphatic rings. The fourth-order valence-corrected chi connectivity index (χ4v) is 1.12. The molecular weight excluding hydrogens is 154 g/mol. The fourth-order valence-electron chi connectivity index (χ4n) is 1.12. The van der Waals surface area contributed by atoms with Crippen LogP contribution < -0.4 is 0 Å². The van der Waals surface area contributed by atoms with Crippen molar-refractivity contribution in [3.05, 3.63) is 24.1 Å². The first-order valence-electron chi connectivity index (χ1n) is 3.70. The summed E-state index contributed by atoms with van der Waals surface area (Å²) in [5.74, 6) is 0.641. The van der Waals surface area contributed by atoms with Gasteiger partial charge in [-0.2, -0.15) is 5.21 Å². The van der Waals surface area contributed by atoms with Gasteiger partial charge in [-0.25, -0.2) is 0 Å². The van der Waals surface area contributed by atoms with Gasteiger partial charge in [0, 0.05) is 13.6 Å². The van der Waals surface area contributed by atoms with Gasteiger partial charge >= 0.3 is 0 Å². The lowest BCUT2D eigenvalue weighted by Gasteiger charge is -2.20. The van der Waals surface area contributed by atoms with E-state index in [4.69, 9.17) is 0 Å². The molecule has 0 bridgehead atoms. The molecule has 0 aliphatic carbocycles. The molecule has 1 aromatic heterocycles. The quantitative estimate of drug-likeness (QED) is 0.635. The Hall–Kier alpha value is -1.65. The van der Waals surface area contributed by atoms with Gasteiger partial charge in [-0.05, 0) is 11.3 Å². The van der Waals surface area contributed by atoms with Gasteiger partial charge in [0.25, 0.3) is 0 Å². The second kappa shape index (κ2) is 2.77. The number of aromatic amines is 1. The van der Waals surface area contributed by atoms with Crippen LogP contribution in [0.2, 0.25) is 0 Å². The number of tetrazole rings is 1.